The molecule has 22 heavy (non-hydrogen) atoms. The molecule has 3 aliphatic heterocycles. The Morgan fingerprint density at radius 1 is 1.50 bits per heavy atom. The first-order chi connectivity index (χ1) is 10.8. The van der Waals surface area contributed by atoms with Gasteiger partial charge in [0.15, 0.2) is 0 Å². The molecule has 1 aromatic rings. The summed E-state index contributed by atoms with van der Waals surface area (Å²) >= 11 is 0. The van der Waals surface area contributed by atoms with Crippen LogP contribution in [0.4, 0.5) is 10.5 Å². The van der Waals surface area contributed by atoms with Crippen molar-refractivity contribution in [3.8, 4) is 11.5 Å². The van der Waals surface area contributed by atoms with E-state index >= 15 is 0 Å². The van der Waals surface area contributed by atoms with Crippen LogP contribution in [0.1, 0.15) is 0 Å². The van der Waals surface area contributed by atoms with Crippen molar-refractivity contribution in [1.82, 2.24) is 10.2 Å². The third kappa shape index (κ3) is 2.04. The molecule has 0 saturated carbocycles. The number of nitrogens with zero attached hydrogens (tertiary/aromatic N) is 3. The zero-order valence-corrected chi connectivity index (χ0v) is 12.4. The van der Waals surface area contributed by atoms with E-state index in [1.165, 1.54) is 0 Å². The maximum absolute atomic E-state index is 12.8. The van der Waals surface area contributed by atoms with Gasteiger partial charge in [0, 0.05) is 19.2 Å². The Hall–Kier alpha value is -2.44. The molecule has 3 aliphatic rings. The van der Waals surface area contributed by atoms with Gasteiger partial charge in [0.05, 0.1) is 31.9 Å². The highest BCUT2D eigenvalue weighted by Crippen LogP contribution is 2.39. The van der Waals surface area contributed by atoms with Gasteiger partial charge in [0.1, 0.15) is 23.9 Å². The van der Waals surface area contributed by atoms with Gasteiger partial charge < -0.3 is 19.7 Å². The van der Waals surface area contributed by atoms with E-state index in [1.807, 2.05) is 28.0 Å². The fourth-order valence-corrected chi connectivity index (χ4v) is 3.14. The number of methoxy groups -OCH3 is 1. The second-order valence-corrected chi connectivity index (χ2v) is 5.59. The van der Waals surface area contributed by atoms with E-state index in [9.17, 15) is 4.79 Å². The van der Waals surface area contributed by atoms with Crippen molar-refractivity contribution < 1.29 is 14.3 Å². The number of nitrogens with one attached hydrogen (secondary N) is 1. The fraction of sp³-hybridized carbons (Fsp3) is 0.467. The first-order valence-corrected chi connectivity index (χ1v) is 7.42. The van der Waals surface area contributed by atoms with Crippen molar-refractivity contribution in [3.63, 3.8) is 0 Å². The molecule has 4 rings (SSSR count). The third-order valence-electron chi connectivity index (χ3n) is 4.21. The lowest BCUT2D eigenvalue weighted by Crippen LogP contribution is -2.42. The molecule has 1 aromatic carbocycles. The molecule has 0 spiro atoms. The largest absolute Gasteiger partial charge is 0.497 e. The van der Waals surface area contributed by atoms with Crippen LogP contribution in [0.3, 0.4) is 0 Å². The Balaban J connectivity index is 1.61. The minimum absolute atomic E-state index is 0.000738. The molecule has 0 aromatic heterocycles. The summed E-state index contributed by atoms with van der Waals surface area (Å²) < 4.78 is 11.0. The van der Waals surface area contributed by atoms with E-state index in [4.69, 9.17) is 9.47 Å². The summed E-state index contributed by atoms with van der Waals surface area (Å²) in [6, 6.07) is 5.58. The van der Waals surface area contributed by atoms with E-state index in [1.54, 1.807) is 7.11 Å². The lowest BCUT2D eigenvalue weighted by molar-refractivity contribution is 0.226. The van der Waals surface area contributed by atoms with Gasteiger partial charge in [-0.3, -0.25) is 9.89 Å². The number of hydrogen-bond acceptors (Lipinski definition) is 5. The van der Waals surface area contributed by atoms with Gasteiger partial charge in [-0.2, -0.15) is 0 Å². The van der Waals surface area contributed by atoms with E-state index in [2.05, 4.69) is 10.3 Å². The molecule has 7 heteroatoms. The molecular weight excluding hydrogens is 284 g/mol. The zero-order valence-electron chi connectivity index (χ0n) is 12.4. The third-order valence-corrected chi connectivity index (χ3v) is 4.21. The van der Waals surface area contributed by atoms with Gasteiger partial charge in [0.2, 0.25) is 0 Å². The van der Waals surface area contributed by atoms with Crippen molar-refractivity contribution in [2.24, 2.45) is 4.99 Å². The van der Waals surface area contributed by atoms with Crippen molar-refractivity contribution in [3.05, 3.63) is 18.2 Å². The fourth-order valence-electron chi connectivity index (χ4n) is 3.14. The second kappa shape index (κ2) is 5.08. The van der Waals surface area contributed by atoms with E-state index < -0.39 is 0 Å². The summed E-state index contributed by atoms with van der Waals surface area (Å²) in [4.78, 5) is 20.8. The molecule has 0 aliphatic carbocycles. The molecule has 116 valence electrons. The number of urea groups is 1. The van der Waals surface area contributed by atoms with Crippen LogP contribution in [-0.2, 0) is 0 Å². The molecule has 0 radical (unpaired) electrons. The molecule has 3 heterocycles. The van der Waals surface area contributed by atoms with Crippen LogP contribution >= 0.6 is 0 Å². The van der Waals surface area contributed by atoms with Gasteiger partial charge in [-0.05, 0) is 12.1 Å². The highest BCUT2D eigenvalue weighted by molar-refractivity contribution is 6.00. The highest BCUT2D eigenvalue weighted by atomic mass is 16.5. The van der Waals surface area contributed by atoms with E-state index in [0.29, 0.717) is 19.7 Å². The van der Waals surface area contributed by atoms with Crippen LogP contribution in [0.15, 0.2) is 23.2 Å². The van der Waals surface area contributed by atoms with Crippen LogP contribution in [0.25, 0.3) is 0 Å². The Labute approximate surface area is 128 Å². The molecule has 1 atom stereocenters. The van der Waals surface area contributed by atoms with Crippen LogP contribution in [0.5, 0.6) is 11.5 Å². The van der Waals surface area contributed by atoms with Crippen LogP contribution in [0.2, 0.25) is 0 Å². The number of hydrogen-bond donors (Lipinski definition) is 1. The number of benzene rings is 1. The molecule has 0 bridgehead atoms. The van der Waals surface area contributed by atoms with Gasteiger partial charge >= 0.3 is 6.03 Å². The Bertz CT molecular complexity index is 646. The number of carbonyl (C=O) groups is 1. The zero-order chi connectivity index (χ0) is 15.1. The maximum atomic E-state index is 12.8. The summed E-state index contributed by atoms with van der Waals surface area (Å²) in [6.45, 7) is 3.34. The number of rotatable bonds is 3. The monoisotopic (exact) mass is 302 g/mol. The Kier molecular flexibility index (Phi) is 3.06. The van der Waals surface area contributed by atoms with Gasteiger partial charge in [-0.25, -0.2) is 4.79 Å². The average molecular weight is 302 g/mol. The molecule has 2 amide bonds. The van der Waals surface area contributed by atoms with E-state index in [0.717, 1.165) is 36.1 Å². The van der Waals surface area contributed by atoms with Crippen LogP contribution < -0.4 is 19.7 Å². The minimum Gasteiger partial charge on any atom is -0.497 e. The summed E-state index contributed by atoms with van der Waals surface area (Å²) in [5, 5.41) is 3.21. The lowest BCUT2D eigenvalue weighted by atomic mass is 10.2. The highest BCUT2D eigenvalue weighted by Gasteiger charge is 2.42. The van der Waals surface area contributed by atoms with Gasteiger partial charge in [-0.1, -0.05) is 0 Å². The van der Waals surface area contributed by atoms with Gasteiger partial charge in [-0.15, -0.1) is 0 Å². The SMILES string of the molecule is COc1ccc2c(c1)N1C(=O)N(CC3=NCCN3)CC1CO2. The lowest BCUT2D eigenvalue weighted by Gasteiger charge is -2.30. The maximum Gasteiger partial charge on any atom is 0.325 e. The number of ether oxygens (including phenoxy) is 2. The number of fused-ring (bicyclic) bond motifs is 3. The number of carbonyl (C=O) groups excluding carboxylic acids is 1. The first-order valence-electron chi connectivity index (χ1n) is 7.42. The standard InChI is InChI=1S/C15H18N4O3/c1-21-11-2-3-13-12(6-11)19-10(9-22-13)7-18(15(19)20)8-14-16-4-5-17-14/h2-3,6,10H,4-5,7-9H2,1H3,(H,16,17). The van der Waals surface area contributed by atoms with Crippen molar-refractivity contribution in [2.45, 2.75) is 6.04 Å². The molecule has 7 nitrogen and oxygen atoms in total. The van der Waals surface area contributed by atoms with Crippen LogP contribution in [0, 0.1) is 0 Å². The summed E-state index contributed by atoms with van der Waals surface area (Å²) in [5.74, 6) is 2.33. The molecule has 1 unspecified atom stereocenters. The molecular formula is C15H18N4O3. The van der Waals surface area contributed by atoms with Crippen LogP contribution in [-0.4, -0.2) is 62.7 Å². The number of amides is 2. The topological polar surface area (TPSA) is 66.4 Å². The van der Waals surface area contributed by atoms with Crippen molar-refractivity contribution in [2.75, 3.05) is 44.8 Å². The molecule has 1 N–H and O–H groups in total. The smallest absolute Gasteiger partial charge is 0.325 e. The van der Waals surface area contributed by atoms with Crippen molar-refractivity contribution in [1.29, 1.82) is 0 Å². The summed E-state index contributed by atoms with van der Waals surface area (Å²) in [5.41, 5.74) is 0.782. The number of amidine groups is 1. The number of aliphatic imine (C=N–C) groups is 1. The average Bonchev–Trinajstić information content (AvgIpc) is 3.16. The number of anilines is 1. The molecule has 1 saturated heterocycles. The predicted octanol–water partition coefficient (Wildman–Crippen LogP) is 0.700. The Morgan fingerprint density at radius 3 is 3.18 bits per heavy atom. The van der Waals surface area contributed by atoms with Gasteiger partial charge in [0.25, 0.3) is 0 Å². The minimum atomic E-state index is -0.000738. The summed E-state index contributed by atoms with van der Waals surface area (Å²) in [7, 11) is 1.62. The predicted molar refractivity (Wildman–Crippen MR) is 82.0 cm³/mol. The quantitative estimate of drug-likeness (QED) is 0.892. The second-order valence-electron chi connectivity index (χ2n) is 5.59. The first kappa shape index (κ1) is 13.2. The summed E-state index contributed by atoms with van der Waals surface area (Å²) in [6.07, 6.45) is 0. The normalized spacial score (nSPS) is 22.7. The van der Waals surface area contributed by atoms with E-state index in [-0.39, 0.29) is 12.1 Å². The molecule has 1 fully saturated rings. The Morgan fingerprint density at radius 2 is 2.41 bits per heavy atom. The van der Waals surface area contributed by atoms with Crippen molar-refractivity contribution >= 4 is 17.6 Å².